The van der Waals surface area contributed by atoms with Crippen molar-refractivity contribution in [2.24, 2.45) is 10.8 Å². The lowest BCUT2D eigenvalue weighted by molar-refractivity contribution is 1.04. The van der Waals surface area contributed by atoms with Gasteiger partial charge < -0.3 is 5.73 Å². The smallest absolute Gasteiger partial charge is 0.184 e. The van der Waals surface area contributed by atoms with Gasteiger partial charge in [-0.05, 0) is 31.3 Å². The zero-order valence-corrected chi connectivity index (χ0v) is 12.4. The number of nitrogens with zero attached hydrogens (tertiary/aromatic N) is 2. The highest BCUT2D eigenvalue weighted by molar-refractivity contribution is 7.80. The van der Waals surface area contributed by atoms with E-state index in [1.165, 1.54) is 11.3 Å². The second kappa shape index (κ2) is 6.10. The van der Waals surface area contributed by atoms with Crippen LogP contribution in [0.25, 0.3) is 10.6 Å². The lowest BCUT2D eigenvalue weighted by Crippen LogP contribution is -2.23. The summed E-state index contributed by atoms with van der Waals surface area (Å²) in [5, 5.41) is 5.65. The van der Waals surface area contributed by atoms with Gasteiger partial charge in [-0.3, -0.25) is 5.43 Å². The molecule has 0 saturated heterocycles. The second-order valence-corrected chi connectivity index (χ2v) is 5.62. The maximum absolute atomic E-state index is 5.97. The third-order valence-electron chi connectivity index (χ3n) is 2.26. The van der Waals surface area contributed by atoms with Crippen molar-refractivity contribution in [2.75, 3.05) is 0 Å². The molecule has 0 aliphatic rings. The first kappa shape index (κ1) is 13.9. The fraction of sp³-hybridized carbons (Fsp3) is 0.0833. The molecule has 98 valence electrons. The summed E-state index contributed by atoms with van der Waals surface area (Å²) >= 11 is 12.2. The maximum Gasteiger partial charge on any atom is 0.184 e. The van der Waals surface area contributed by atoms with Gasteiger partial charge in [0.15, 0.2) is 5.11 Å². The Balaban J connectivity index is 2.26. The van der Waals surface area contributed by atoms with E-state index in [-0.39, 0.29) is 5.11 Å². The summed E-state index contributed by atoms with van der Waals surface area (Å²) in [6, 6.07) is 7.59. The minimum absolute atomic E-state index is 0.133. The van der Waals surface area contributed by atoms with Gasteiger partial charge >= 0.3 is 0 Å². The van der Waals surface area contributed by atoms with E-state index >= 15 is 0 Å². The van der Waals surface area contributed by atoms with Gasteiger partial charge in [0.1, 0.15) is 5.01 Å². The lowest BCUT2D eigenvalue weighted by atomic mass is 10.2. The van der Waals surface area contributed by atoms with Crippen LogP contribution in [-0.2, 0) is 0 Å². The molecule has 7 heteroatoms. The predicted molar refractivity (Wildman–Crippen MR) is 84.8 cm³/mol. The molecule has 0 aliphatic heterocycles. The van der Waals surface area contributed by atoms with Gasteiger partial charge in [-0.15, -0.1) is 11.3 Å². The van der Waals surface area contributed by atoms with E-state index in [0.717, 1.165) is 21.1 Å². The molecule has 0 radical (unpaired) electrons. The monoisotopic (exact) mass is 310 g/mol. The molecule has 1 aromatic carbocycles. The molecule has 0 bridgehead atoms. The largest absolute Gasteiger partial charge is 0.375 e. The van der Waals surface area contributed by atoms with Crippen molar-refractivity contribution in [3.05, 3.63) is 39.9 Å². The molecule has 0 unspecified atom stereocenters. The summed E-state index contributed by atoms with van der Waals surface area (Å²) in [5.41, 5.74) is 9.69. The molecule has 0 fully saturated rings. The number of thiazole rings is 1. The normalized spacial score (nSPS) is 10.8. The molecule has 2 rings (SSSR count). The van der Waals surface area contributed by atoms with Crippen molar-refractivity contribution in [2.45, 2.75) is 6.92 Å². The third kappa shape index (κ3) is 3.73. The van der Waals surface area contributed by atoms with E-state index in [4.69, 9.17) is 17.3 Å². The van der Waals surface area contributed by atoms with Crippen LogP contribution in [0.4, 0.5) is 0 Å². The highest BCUT2D eigenvalue weighted by atomic mass is 35.5. The van der Waals surface area contributed by atoms with Gasteiger partial charge in [0.2, 0.25) is 0 Å². The molecule has 0 spiro atoms. The minimum atomic E-state index is 0.133. The van der Waals surface area contributed by atoms with Gasteiger partial charge in [0, 0.05) is 10.6 Å². The van der Waals surface area contributed by atoms with Gasteiger partial charge in [-0.2, -0.15) is 5.10 Å². The number of nitrogens with two attached hydrogens (primary N) is 1. The first-order chi connectivity index (χ1) is 9.06. The zero-order valence-electron chi connectivity index (χ0n) is 10.1. The fourth-order valence-corrected chi connectivity index (χ4v) is 2.60. The van der Waals surface area contributed by atoms with Crippen LogP contribution >= 0.6 is 35.2 Å². The molecule has 0 aliphatic carbocycles. The topological polar surface area (TPSA) is 63.3 Å². The average molecular weight is 311 g/mol. The predicted octanol–water partition coefficient (Wildman–Crippen LogP) is 2.94. The molecule has 1 heterocycles. The molecule has 1 aromatic heterocycles. The van der Waals surface area contributed by atoms with Crippen LogP contribution in [0.1, 0.15) is 10.6 Å². The van der Waals surface area contributed by atoms with E-state index in [1.54, 1.807) is 6.21 Å². The van der Waals surface area contributed by atoms with Crippen LogP contribution in [0, 0.1) is 6.92 Å². The van der Waals surface area contributed by atoms with E-state index in [1.807, 2.05) is 31.2 Å². The summed E-state index contributed by atoms with van der Waals surface area (Å²) in [6.45, 7) is 1.92. The number of aromatic nitrogens is 1. The van der Waals surface area contributed by atoms with Crippen LogP contribution < -0.4 is 11.2 Å². The SMILES string of the molecule is Cc1nc(-c2cccc(Cl)c2)sc1/C=N/NC(N)=S. The van der Waals surface area contributed by atoms with Gasteiger partial charge in [-0.1, -0.05) is 23.7 Å². The molecule has 4 nitrogen and oxygen atoms in total. The van der Waals surface area contributed by atoms with Crippen molar-refractivity contribution in [3.8, 4) is 10.6 Å². The van der Waals surface area contributed by atoms with Crippen LogP contribution in [0.15, 0.2) is 29.4 Å². The second-order valence-electron chi connectivity index (χ2n) is 3.71. The quantitative estimate of drug-likeness (QED) is 0.520. The minimum Gasteiger partial charge on any atom is -0.375 e. The Bertz CT molecular complexity index is 636. The molecule has 2 aromatic rings. The van der Waals surface area contributed by atoms with E-state index in [0.29, 0.717) is 5.02 Å². The number of hydrazone groups is 1. The Kier molecular flexibility index (Phi) is 4.47. The Morgan fingerprint density at radius 3 is 3.05 bits per heavy atom. The Labute approximate surface area is 125 Å². The Morgan fingerprint density at radius 2 is 2.37 bits per heavy atom. The summed E-state index contributed by atoms with van der Waals surface area (Å²) in [7, 11) is 0. The van der Waals surface area contributed by atoms with Crippen LogP contribution in [-0.4, -0.2) is 16.3 Å². The molecule has 19 heavy (non-hydrogen) atoms. The van der Waals surface area contributed by atoms with Crippen molar-refractivity contribution >= 4 is 46.5 Å². The maximum atomic E-state index is 5.97. The fourth-order valence-electron chi connectivity index (χ4n) is 1.43. The number of hydrogen-bond acceptors (Lipinski definition) is 4. The van der Waals surface area contributed by atoms with Gasteiger partial charge in [0.05, 0.1) is 16.8 Å². The molecule has 3 N–H and O–H groups in total. The first-order valence-electron chi connectivity index (χ1n) is 5.38. The summed E-state index contributed by atoms with van der Waals surface area (Å²) in [5.74, 6) is 0. The molecule has 0 amide bonds. The average Bonchev–Trinajstić information content (AvgIpc) is 2.71. The summed E-state index contributed by atoms with van der Waals surface area (Å²) in [4.78, 5) is 5.44. The number of rotatable bonds is 3. The summed E-state index contributed by atoms with van der Waals surface area (Å²) < 4.78 is 0. The van der Waals surface area contributed by atoms with Crippen LogP contribution in [0.2, 0.25) is 5.02 Å². The number of thiocarbonyl (C=S) groups is 1. The number of halogens is 1. The van der Waals surface area contributed by atoms with E-state index in [2.05, 4.69) is 27.7 Å². The van der Waals surface area contributed by atoms with Crippen LogP contribution in [0.5, 0.6) is 0 Å². The standard InChI is InChI=1S/C12H11ClN4S2/c1-7-10(6-15-17-12(14)18)19-11(16-7)8-3-2-4-9(13)5-8/h2-6H,1H3,(H3,14,17,18)/b15-6+. The van der Waals surface area contributed by atoms with Crippen molar-refractivity contribution in [1.29, 1.82) is 0 Å². The lowest BCUT2D eigenvalue weighted by Gasteiger charge is -1.95. The van der Waals surface area contributed by atoms with Crippen molar-refractivity contribution in [3.63, 3.8) is 0 Å². The Morgan fingerprint density at radius 1 is 1.58 bits per heavy atom. The number of benzene rings is 1. The van der Waals surface area contributed by atoms with E-state index < -0.39 is 0 Å². The van der Waals surface area contributed by atoms with E-state index in [9.17, 15) is 0 Å². The van der Waals surface area contributed by atoms with Crippen molar-refractivity contribution < 1.29 is 0 Å². The molecular weight excluding hydrogens is 300 g/mol. The number of nitrogens with one attached hydrogen (secondary N) is 1. The number of hydrogen-bond donors (Lipinski definition) is 2. The zero-order chi connectivity index (χ0) is 13.8. The van der Waals surface area contributed by atoms with Gasteiger partial charge in [-0.25, -0.2) is 4.98 Å². The highest BCUT2D eigenvalue weighted by Crippen LogP contribution is 2.28. The van der Waals surface area contributed by atoms with Gasteiger partial charge in [0.25, 0.3) is 0 Å². The highest BCUT2D eigenvalue weighted by Gasteiger charge is 2.08. The number of aryl methyl sites for hydroxylation is 1. The summed E-state index contributed by atoms with van der Waals surface area (Å²) in [6.07, 6.45) is 1.65. The molecule has 0 saturated carbocycles. The Hall–Kier alpha value is -1.50. The third-order valence-corrected chi connectivity index (χ3v) is 3.73. The van der Waals surface area contributed by atoms with Crippen molar-refractivity contribution in [1.82, 2.24) is 10.4 Å². The molecule has 0 atom stereocenters. The molecular formula is C12H11ClN4S2. The van der Waals surface area contributed by atoms with Crippen LogP contribution in [0.3, 0.4) is 0 Å². The first-order valence-corrected chi connectivity index (χ1v) is 6.98.